The number of non-ortho nitro benzene ring substituents is 2. The summed E-state index contributed by atoms with van der Waals surface area (Å²) in [5.41, 5.74) is 0.208. The fraction of sp³-hybridized carbons (Fsp3) is 0.0455. The number of para-hydroxylation sites is 2. The number of hydrogen-bond acceptors (Lipinski definition) is 8. The highest BCUT2D eigenvalue weighted by molar-refractivity contribution is 6.04. The minimum atomic E-state index is -0.793. The maximum absolute atomic E-state index is 13.4. The average molecular weight is 445 g/mol. The molecule has 1 aromatic heterocycles. The molecule has 0 amide bonds. The first-order chi connectivity index (χ1) is 15.9. The maximum Gasteiger partial charge on any atom is 0.277 e. The van der Waals surface area contributed by atoms with Crippen LogP contribution in [0.25, 0.3) is 11.0 Å². The van der Waals surface area contributed by atoms with Crippen molar-refractivity contribution in [2.45, 2.75) is 0 Å². The topological polar surface area (TPSA) is 143 Å². The molecule has 0 atom stereocenters. The van der Waals surface area contributed by atoms with E-state index in [0.29, 0.717) is 22.3 Å². The van der Waals surface area contributed by atoms with Gasteiger partial charge in [0.1, 0.15) is 5.75 Å². The van der Waals surface area contributed by atoms with E-state index in [0.717, 1.165) is 22.8 Å². The number of hydrogen-bond donors (Lipinski definition) is 0. The molecular weight excluding hydrogens is 430 g/mol. The molecule has 4 aromatic rings. The van der Waals surface area contributed by atoms with Crippen molar-refractivity contribution >= 4 is 40.5 Å². The van der Waals surface area contributed by atoms with Gasteiger partial charge >= 0.3 is 0 Å². The second kappa shape index (κ2) is 8.67. The van der Waals surface area contributed by atoms with Crippen molar-refractivity contribution in [2.75, 3.05) is 7.11 Å². The molecule has 164 valence electrons. The Morgan fingerprint density at radius 2 is 1.64 bits per heavy atom. The molecular formula is C22H15N5O6. The first kappa shape index (κ1) is 21.3. The lowest BCUT2D eigenvalue weighted by molar-refractivity contribution is -0.394. The molecule has 0 saturated heterocycles. The van der Waals surface area contributed by atoms with Gasteiger partial charge in [-0.2, -0.15) is 0 Å². The van der Waals surface area contributed by atoms with Crippen LogP contribution in [0.2, 0.25) is 0 Å². The first-order valence-electron chi connectivity index (χ1n) is 9.51. The Kier molecular flexibility index (Phi) is 5.60. The van der Waals surface area contributed by atoms with Gasteiger partial charge in [-0.05, 0) is 42.0 Å². The van der Waals surface area contributed by atoms with E-state index in [2.05, 4.69) is 9.98 Å². The van der Waals surface area contributed by atoms with Gasteiger partial charge in [0.25, 0.3) is 17.3 Å². The lowest BCUT2D eigenvalue weighted by atomic mass is 10.1. The van der Waals surface area contributed by atoms with Crippen LogP contribution in [-0.4, -0.2) is 38.6 Å². The average Bonchev–Trinajstić information content (AvgIpc) is 3.20. The van der Waals surface area contributed by atoms with E-state index in [1.54, 1.807) is 55.6 Å². The zero-order chi connectivity index (χ0) is 23.5. The molecule has 0 bridgehead atoms. The van der Waals surface area contributed by atoms with Gasteiger partial charge in [0.05, 0.1) is 39.6 Å². The van der Waals surface area contributed by atoms with Crippen molar-refractivity contribution in [3.63, 3.8) is 0 Å². The van der Waals surface area contributed by atoms with Crippen LogP contribution in [0.1, 0.15) is 15.9 Å². The number of nitro benzene ring substituents is 2. The zero-order valence-electron chi connectivity index (χ0n) is 17.1. The van der Waals surface area contributed by atoms with E-state index < -0.39 is 27.1 Å². The molecule has 0 aliphatic carbocycles. The summed E-state index contributed by atoms with van der Waals surface area (Å²) >= 11 is 0. The number of ether oxygens (including phenoxy) is 1. The number of aromatic nitrogens is 2. The SMILES string of the molecule is COc1ccc(/C=N/c2nc3ccccc3n2C(=O)c2cc([N+](=O)[O-])cc([N+](=O)[O-])c2)cc1. The Labute approximate surface area is 185 Å². The summed E-state index contributed by atoms with van der Waals surface area (Å²) in [6.07, 6.45) is 1.50. The van der Waals surface area contributed by atoms with Gasteiger partial charge in [0.15, 0.2) is 0 Å². The number of imidazole rings is 1. The van der Waals surface area contributed by atoms with Crippen LogP contribution in [0.5, 0.6) is 5.75 Å². The number of nitrogens with zero attached hydrogens (tertiary/aromatic N) is 5. The molecule has 0 saturated carbocycles. The summed E-state index contributed by atoms with van der Waals surface area (Å²) in [4.78, 5) is 43.0. The number of carbonyl (C=O) groups is 1. The number of carbonyl (C=O) groups excluding carboxylic acids is 1. The third-order valence-corrected chi connectivity index (χ3v) is 4.76. The van der Waals surface area contributed by atoms with E-state index in [9.17, 15) is 25.0 Å². The predicted molar refractivity (Wildman–Crippen MR) is 119 cm³/mol. The number of rotatable bonds is 6. The number of methoxy groups -OCH3 is 1. The second-order valence-electron chi connectivity index (χ2n) is 6.82. The highest BCUT2D eigenvalue weighted by Crippen LogP contribution is 2.27. The van der Waals surface area contributed by atoms with Gasteiger partial charge in [0, 0.05) is 18.3 Å². The smallest absolute Gasteiger partial charge is 0.277 e. The highest BCUT2D eigenvalue weighted by Gasteiger charge is 2.24. The van der Waals surface area contributed by atoms with E-state index in [1.165, 1.54) is 6.21 Å². The van der Waals surface area contributed by atoms with Crippen molar-refractivity contribution in [3.8, 4) is 5.75 Å². The molecule has 3 aromatic carbocycles. The summed E-state index contributed by atoms with van der Waals surface area (Å²) in [7, 11) is 1.55. The van der Waals surface area contributed by atoms with Crippen molar-refractivity contribution in [2.24, 2.45) is 4.99 Å². The van der Waals surface area contributed by atoms with Gasteiger partial charge in [-0.3, -0.25) is 25.0 Å². The van der Waals surface area contributed by atoms with Crippen molar-refractivity contribution in [3.05, 3.63) is 98.1 Å². The van der Waals surface area contributed by atoms with E-state index >= 15 is 0 Å². The molecule has 0 N–H and O–H groups in total. The summed E-state index contributed by atoms with van der Waals surface area (Å²) in [6, 6.07) is 16.5. The van der Waals surface area contributed by atoms with Crippen LogP contribution in [0.15, 0.2) is 71.7 Å². The normalized spacial score (nSPS) is 11.1. The maximum atomic E-state index is 13.4. The predicted octanol–water partition coefficient (Wildman–Crippen LogP) is 4.30. The van der Waals surface area contributed by atoms with Gasteiger partial charge < -0.3 is 4.74 Å². The van der Waals surface area contributed by atoms with E-state index in [4.69, 9.17) is 4.74 Å². The zero-order valence-corrected chi connectivity index (χ0v) is 17.1. The number of fused-ring (bicyclic) bond motifs is 1. The molecule has 4 rings (SSSR count). The second-order valence-corrected chi connectivity index (χ2v) is 6.82. The summed E-state index contributed by atoms with van der Waals surface area (Å²) in [6.45, 7) is 0. The van der Waals surface area contributed by atoms with Crippen LogP contribution >= 0.6 is 0 Å². The Morgan fingerprint density at radius 1 is 1.00 bits per heavy atom. The Bertz CT molecular complexity index is 1390. The molecule has 0 fully saturated rings. The Balaban J connectivity index is 1.83. The van der Waals surface area contributed by atoms with E-state index in [-0.39, 0.29) is 11.5 Å². The molecule has 11 nitrogen and oxygen atoms in total. The van der Waals surface area contributed by atoms with Gasteiger partial charge in [-0.25, -0.2) is 14.5 Å². The molecule has 0 unspecified atom stereocenters. The molecule has 33 heavy (non-hydrogen) atoms. The van der Waals surface area contributed by atoms with Gasteiger partial charge in [-0.1, -0.05) is 12.1 Å². The standard InChI is InChI=1S/C22H15N5O6/c1-33-18-8-6-14(7-9-18)13-23-22-24-19-4-2-3-5-20(19)25(22)21(28)15-10-16(26(29)30)12-17(11-15)27(31)32/h2-13H,1H3/b23-13+. The number of aliphatic imine (C=N–C) groups is 1. The molecule has 1 heterocycles. The molecule has 0 spiro atoms. The quantitative estimate of drug-likeness (QED) is 0.244. The van der Waals surface area contributed by atoms with Crippen molar-refractivity contribution in [1.29, 1.82) is 0 Å². The molecule has 0 radical (unpaired) electrons. The van der Waals surface area contributed by atoms with Gasteiger partial charge in [-0.15, -0.1) is 0 Å². The highest BCUT2D eigenvalue weighted by atomic mass is 16.6. The third-order valence-electron chi connectivity index (χ3n) is 4.76. The minimum Gasteiger partial charge on any atom is -0.497 e. The first-order valence-corrected chi connectivity index (χ1v) is 9.51. The van der Waals surface area contributed by atoms with Crippen LogP contribution in [-0.2, 0) is 0 Å². The molecule has 11 heteroatoms. The summed E-state index contributed by atoms with van der Waals surface area (Å²) in [5, 5.41) is 22.5. The van der Waals surface area contributed by atoms with Crippen molar-refractivity contribution < 1.29 is 19.4 Å². The fourth-order valence-corrected chi connectivity index (χ4v) is 3.18. The number of nitro groups is 2. The summed E-state index contributed by atoms with van der Waals surface area (Å²) < 4.78 is 6.29. The van der Waals surface area contributed by atoms with Crippen LogP contribution in [0.3, 0.4) is 0 Å². The monoisotopic (exact) mass is 445 g/mol. The van der Waals surface area contributed by atoms with E-state index in [1.807, 2.05) is 0 Å². The van der Waals surface area contributed by atoms with Crippen LogP contribution < -0.4 is 4.74 Å². The fourth-order valence-electron chi connectivity index (χ4n) is 3.18. The lowest BCUT2D eigenvalue weighted by Gasteiger charge is -2.06. The summed E-state index contributed by atoms with van der Waals surface area (Å²) in [5.74, 6) is -0.0506. The number of benzene rings is 3. The molecule has 0 aliphatic rings. The lowest BCUT2D eigenvalue weighted by Crippen LogP contribution is -2.12. The van der Waals surface area contributed by atoms with Gasteiger partial charge in [0.2, 0.25) is 5.95 Å². The third kappa shape index (κ3) is 4.28. The minimum absolute atomic E-state index is 0.0196. The molecule has 0 aliphatic heterocycles. The Hall–Kier alpha value is -4.93. The van der Waals surface area contributed by atoms with Crippen molar-refractivity contribution in [1.82, 2.24) is 9.55 Å². The van der Waals surface area contributed by atoms with Crippen LogP contribution in [0, 0.1) is 20.2 Å². The Morgan fingerprint density at radius 3 is 2.24 bits per heavy atom. The largest absolute Gasteiger partial charge is 0.497 e. The van der Waals surface area contributed by atoms with Crippen LogP contribution in [0.4, 0.5) is 17.3 Å².